The number of nitrogens with zero attached hydrogens (tertiary/aromatic N) is 5. The summed E-state index contributed by atoms with van der Waals surface area (Å²) in [6.45, 7) is 12.4. The van der Waals surface area contributed by atoms with Gasteiger partial charge in [0.15, 0.2) is 0 Å². The zero-order valence-electron chi connectivity index (χ0n) is 31.6. The monoisotopic (exact) mass is 713 g/mol. The van der Waals surface area contributed by atoms with Crippen LogP contribution in [0.5, 0.6) is 11.8 Å². The van der Waals surface area contributed by atoms with Crippen molar-refractivity contribution in [1.29, 1.82) is 0 Å². The van der Waals surface area contributed by atoms with Crippen molar-refractivity contribution in [2.75, 3.05) is 26.2 Å². The number of carbonyl (C=O) groups excluding carboxylic acids is 1. The molecular formula is C44H51N5O4. The van der Waals surface area contributed by atoms with E-state index in [1.54, 1.807) is 0 Å². The van der Waals surface area contributed by atoms with E-state index in [2.05, 4.69) is 36.1 Å². The van der Waals surface area contributed by atoms with Gasteiger partial charge in [-0.15, -0.1) is 0 Å². The van der Waals surface area contributed by atoms with E-state index >= 15 is 0 Å². The molecule has 53 heavy (non-hydrogen) atoms. The Morgan fingerprint density at radius 2 is 1.55 bits per heavy atom. The number of benzene rings is 3. The second-order valence-corrected chi connectivity index (χ2v) is 15.3. The molecule has 0 radical (unpaired) electrons. The number of hydrogen-bond acceptors (Lipinski definition) is 7. The molecule has 9 nitrogen and oxygen atoms in total. The normalized spacial score (nSPS) is 16.3. The number of fused-ring (bicyclic) bond motifs is 1. The van der Waals surface area contributed by atoms with Crippen molar-refractivity contribution < 1.29 is 19.0 Å². The van der Waals surface area contributed by atoms with Crippen LogP contribution < -0.4 is 9.47 Å². The highest BCUT2D eigenvalue weighted by Crippen LogP contribution is 2.37. The first-order valence-corrected chi connectivity index (χ1v) is 18.8. The van der Waals surface area contributed by atoms with Crippen molar-refractivity contribution in [2.45, 2.75) is 71.8 Å². The van der Waals surface area contributed by atoms with Crippen LogP contribution in [0, 0.1) is 5.92 Å². The van der Waals surface area contributed by atoms with Gasteiger partial charge in [0.2, 0.25) is 11.8 Å². The van der Waals surface area contributed by atoms with Gasteiger partial charge >= 0.3 is 6.09 Å². The number of carbonyl (C=O) groups is 1. The lowest BCUT2D eigenvalue weighted by atomic mass is 9.88. The van der Waals surface area contributed by atoms with Gasteiger partial charge in [-0.05, 0) is 93.3 Å². The van der Waals surface area contributed by atoms with Crippen LogP contribution >= 0.6 is 0 Å². The molecule has 2 aromatic heterocycles. The summed E-state index contributed by atoms with van der Waals surface area (Å²) >= 11 is 0. The molecule has 2 aliphatic rings. The van der Waals surface area contributed by atoms with E-state index in [4.69, 9.17) is 24.3 Å². The summed E-state index contributed by atoms with van der Waals surface area (Å²) in [7, 11) is 2.00. The third-order valence-electron chi connectivity index (χ3n) is 10.5. The summed E-state index contributed by atoms with van der Waals surface area (Å²) in [5.74, 6) is 1.55. The molecule has 1 saturated heterocycles. The number of piperidine rings is 1. The van der Waals surface area contributed by atoms with Crippen LogP contribution in [0.4, 0.5) is 4.79 Å². The Kier molecular flexibility index (Phi) is 10.8. The van der Waals surface area contributed by atoms with Crippen molar-refractivity contribution >= 4 is 22.6 Å². The summed E-state index contributed by atoms with van der Waals surface area (Å²) in [6.07, 6.45) is 5.20. The first kappa shape index (κ1) is 36.2. The van der Waals surface area contributed by atoms with Crippen LogP contribution in [0.2, 0.25) is 0 Å². The highest BCUT2D eigenvalue weighted by Gasteiger charge is 2.32. The minimum Gasteiger partial charge on any atom is -0.473 e. The molecule has 0 aliphatic carbocycles. The molecule has 2 aliphatic heterocycles. The zero-order chi connectivity index (χ0) is 37.0. The molecule has 276 valence electrons. The van der Waals surface area contributed by atoms with Gasteiger partial charge in [0.1, 0.15) is 24.5 Å². The molecule has 3 aromatic carbocycles. The molecule has 0 spiro atoms. The first-order chi connectivity index (χ1) is 25.6. The van der Waals surface area contributed by atoms with E-state index in [1.165, 1.54) is 11.1 Å². The Morgan fingerprint density at radius 1 is 0.868 bits per heavy atom. The minimum absolute atomic E-state index is 0.192. The second-order valence-electron chi connectivity index (χ2n) is 15.3. The number of pyridine rings is 1. The van der Waals surface area contributed by atoms with Crippen LogP contribution in [0.25, 0.3) is 27.7 Å². The van der Waals surface area contributed by atoms with Gasteiger partial charge in [-0.25, -0.2) is 4.79 Å². The lowest BCUT2D eigenvalue weighted by Gasteiger charge is -2.41. The van der Waals surface area contributed by atoms with E-state index in [0.29, 0.717) is 36.9 Å². The molecule has 0 bridgehead atoms. The fourth-order valence-electron chi connectivity index (χ4n) is 7.41. The third kappa shape index (κ3) is 8.74. The van der Waals surface area contributed by atoms with Crippen molar-refractivity contribution in [3.05, 3.63) is 114 Å². The molecule has 0 saturated carbocycles. The fourth-order valence-corrected chi connectivity index (χ4v) is 7.41. The van der Waals surface area contributed by atoms with Crippen LogP contribution in [-0.2, 0) is 25.0 Å². The largest absolute Gasteiger partial charge is 0.473 e. The number of amides is 1. The van der Waals surface area contributed by atoms with Crippen molar-refractivity contribution in [2.24, 2.45) is 13.0 Å². The highest BCUT2D eigenvalue weighted by atomic mass is 16.6. The zero-order valence-corrected chi connectivity index (χ0v) is 31.6. The Bertz CT molecular complexity index is 2050. The maximum atomic E-state index is 12.6. The molecule has 1 atom stereocenters. The minimum atomic E-state index is -0.466. The summed E-state index contributed by atoms with van der Waals surface area (Å²) in [5.41, 5.74) is 6.98. The number of aromatic nitrogens is 3. The van der Waals surface area contributed by atoms with E-state index in [9.17, 15) is 4.79 Å². The Morgan fingerprint density at radius 3 is 2.19 bits per heavy atom. The average molecular weight is 714 g/mol. The lowest BCUT2D eigenvalue weighted by Crippen LogP contribution is -2.47. The quantitative estimate of drug-likeness (QED) is 0.143. The lowest BCUT2D eigenvalue weighted by molar-refractivity contribution is 0.0139. The van der Waals surface area contributed by atoms with E-state index in [0.717, 1.165) is 78.7 Å². The number of rotatable bonds is 10. The molecule has 0 N–H and O–H groups in total. The van der Waals surface area contributed by atoms with E-state index < -0.39 is 5.60 Å². The van der Waals surface area contributed by atoms with Crippen LogP contribution in [0.15, 0.2) is 97.1 Å². The topological polar surface area (TPSA) is 82.0 Å². The van der Waals surface area contributed by atoms with Crippen molar-refractivity contribution in [3.63, 3.8) is 0 Å². The Balaban J connectivity index is 1.05. The molecular weight excluding hydrogens is 663 g/mol. The van der Waals surface area contributed by atoms with Crippen molar-refractivity contribution in [1.82, 2.24) is 24.6 Å². The average Bonchev–Trinajstić information content (AvgIpc) is 3.51. The molecule has 4 heterocycles. The number of hydrogen-bond donors (Lipinski definition) is 0. The van der Waals surface area contributed by atoms with Gasteiger partial charge in [0, 0.05) is 50.7 Å². The molecule has 5 aromatic rings. The first-order valence-electron chi connectivity index (χ1n) is 18.8. The van der Waals surface area contributed by atoms with Gasteiger partial charge in [-0.3, -0.25) is 9.58 Å². The Labute approximate surface area is 313 Å². The van der Waals surface area contributed by atoms with E-state index in [-0.39, 0.29) is 6.09 Å². The molecule has 7 rings (SSSR count). The fraction of sp³-hybridized carbons (Fsp3) is 0.386. The predicted molar refractivity (Wildman–Crippen MR) is 210 cm³/mol. The maximum absolute atomic E-state index is 12.6. The summed E-state index contributed by atoms with van der Waals surface area (Å²) < 4.78 is 20.0. The van der Waals surface area contributed by atoms with Gasteiger partial charge in [-0.2, -0.15) is 10.1 Å². The molecule has 1 amide bonds. The predicted octanol–water partition coefficient (Wildman–Crippen LogP) is 8.92. The van der Waals surface area contributed by atoms with Crippen LogP contribution in [-0.4, -0.2) is 68.5 Å². The van der Waals surface area contributed by atoms with E-state index in [1.807, 2.05) is 110 Å². The number of likely N-dealkylation sites (tertiary alicyclic amines) is 1. The molecule has 1 fully saturated rings. The molecule has 0 unspecified atom stereocenters. The van der Waals surface area contributed by atoms with Crippen LogP contribution in [0.3, 0.4) is 0 Å². The SMILES string of the molecule is C[C@H](C1CCN(C(=O)OC(C)(C)C)CC1)N1CC=C(c2ccc3c(-c4ccc(OCc5ccccc5)nc4OCc4ccccc4)nn(C)c3c2)CC1. The van der Waals surface area contributed by atoms with Crippen molar-refractivity contribution in [3.8, 4) is 23.0 Å². The highest BCUT2D eigenvalue weighted by molar-refractivity contribution is 5.96. The van der Waals surface area contributed by atoms with Gasteiger partial charge in [-0.1, -0.05) is 72.8 Å². The second kappa shape index (κ2) is 15.8. The summed E-state index contributed by atoms with van der Waals surface area (Å²) in [5, 5.41) is 6.05. The number of aryl methyl sites for hydroxylation is 1. The summed E-state index contributed by atoms with van der Waals surface area (Å²) in [4.78, 5) is 21.9. The van der Waals surface area contributed by atoms with Gasteiger partial charge in [0.05, 0.1) is 11.1 Å². The molecule has 9 heteroatoms. The maximum Gasteiger partial charge on any atom is 0.410 e. The van der Waals surface area contributed by atoms with Crippen LogP contribution in [0.1, 0.15) is 63.6 Å². The smallest absolute Gasteiger partial charge is 0.410 e. The number of ether oxygens (including phenoxy) is 3. The summed E-state index contributed by atoms with van der Waals surface area (Å²) in [6, 6.07) is 31.2. The van der Waals surface area contributed by atoms with Gasteiger partial charge < -0.3 is 19.1 Å². The van der Waals surface area contributed by atoms with Gasteiger partial charge in [0.25, 0.3) is 0 Å². The third-order valence-corrected chi connectivity index (χ3v) is 10.5. The standard InChI is InChI=1S/C44H51N5O4/c1-31(34-20-26-49(27-21-34)43(50)53-44(2,3)4)48-24-22-35(23-25-48)36-16-17-37-39(28-36)47(5)46-41(37)38-18-19-40(51-29-32-12-8-6-9-13-32)45-42(38)52-30-33-14-10-7-11-15-33/h6-19,22,28,31,34H,20-21,23-27,29-30H2,1-5H3/t31-/m1/s1. The Hall–Kier alpha value is -5.15.